The van der Waals surface area contributed by atoms with Gasteiger partial charge in [-0.1, -0.05) is 103 Å². The van der Waals surface area contributed by atoms with E-state index in [0.29, 0.717) is 6.10 Å². The van der Waals surface area contributed by atoms with Crippen molar-refractivity contribution >= 4 is 10.9 Å². The van der Waals surface area contributed by atoms with Crippen molar-refractivity contribution < 1.29 is 4.74 Å². The first-order valence-corrected chi connectivity index (χ1v) is 13.0. The summed E-state index contributed by atoms with van der Waals surface area (Å²) in [5, 5.41) is 1.28. The Hall–Kier alpha value is -1.28. The van der Waals surface area contributed by atoms with Crippen LogP contribution in [0.15, 0.2) is 36.5 Å². The summed E-state index contributed by atoms with van der Waals surface area (Å²) in [4.78, 5) is 3.12. The van der Waals surface area contributed by atoms with Gasteiger partial charge in [0, 0.05) is 18.3 Å². The van der Waals surface area contributed by atoms with E-state index >= 15 is 0 Å². The number of aromatic amines is 1. The molecule has 0 saturated carbocycles. The number of para-hydroxylation sites is 1. The molecule has 0 unspecified atom stereocenters. The second kappa shape index (κ2) is 16.4. The Morgan fingerprint density at radius 2 is 1.47 bits per heavy atom. The molecule has 2 aromatic rings. The Kier molecular flexibility index (Phi) is 13.7. The number of H-pyrrole nitrogens is 1. The summed E-state index contributed by atoms with van der Waals surface area (Å²) in [6, 6.07) is 10.3. The Morgan fingerprint density at radius 3 is 2.20 bits per heavy atom. The van der Waals surface area contributed by atoms with Crippen LogP contribution in [0.5, 0.6) is 0 Å². The van der Waals surface area contributed by atoms with Gasteiger partial charge in [0.2, 0.25) is 0 Å². The van der Waals surface area contributed by atoms with Gasteiger partial charge in [-0.05, 0) is 49.1 Å². The van der Waals surface area contributed by atoms with E-state index in [1.54, 1.807) is 0 Å². The zero-order chi connectivity index (χ0) is 21.3. The van der Waals surface area contributed by atoms with E-state index < -0.39 is 0 Å². The summed E-state index contributed by atoms with van der Waals surface area (Å²) in [5.41, 5.74) is 1.21. The van der Waals surface area contributed by atoms with Crippen LogP contribution in [0.25, 0.3) is 10.9 Å². The molecule has 2 nitrogen and oxygen atoms in total. The van der Waals surface area contributed by atoms with E-state index in [1.807, 2.05) is 18.3 Å². The number of ether oxygens (including phenoxy) is 1. The molecule has 1 aliphatic rings. The first-order valence-electron chi connectivity index (χ1n) is 13.0. The average molecular weight is 414 g/mol. The smallest absolute Gasteiger partial charge is 0.0603 e. The number of aromatic nitrogens is 1. The van der Waals surface area contributed by atoms with Crippen molar-refractivity contribution in [1.29, 1.82) is 0 Å². The minimum absolute atomic E-state index is 0.594. The van der Waals surface area contributed by atoms with Gasteiger partial charge in [-0.2, -0.15) is 0 Å². The predicted octanol–water partition coefficient (Wildman–Crippen LogP) is 9.06. The molecule has 1 saturated heterocycles. The molecular weight excluding hydrogens is 366 g/mol. The van der Waals surface area contributed by atoms with Crippen LogP contribution in [-0.4, -0.2) is 17.7 Å². The summed E-state index contributed by atoms with van der Waals surface area (Å²) in [6.45, 7) is 5.61. The van der Waals surface area contributed by atoms with E-state index in [4.69, 9.17) is 4.74 Å². The van der Waals surface area contributed by atoms with Gasteiger partial charge in [0.25, 0.3) is 0 Å². The molecule has 1 N–H and O–H groups in total. The zero-order valence-corrected chi connectivity index (χ0v) is 19.8. The molecule has 0 spiro atoms. The second-order valence-corrected chi connectivity index (χ2v) is 9.14. The lowest BCUT2D eigenvalue weighted by Gasteiger charge is -2.32. The Morgan fingerprint density at radius 1 is 0.800 bits per heavy atom. The van der Waals surface area contributed by atoms with Crippen molar-refractivity contribution in [2.75, 3.05) is 6.61 Å². The largest absolute Gasteiger partial charge is 0.378 e. The van der Waals surface area contributed by atoms with E-state index in [0.717, 1.165) is 12.5 Å². The average Bonchev–Trinajstić information content (AvgIpc) is 3.26. The van der Waals surface area contributed by atoms with Gasteiger partial charge in [-0.15, -0.1) is 0 Å². The fraction of sp³-hybridized carbons (Fsp3) is 0.714. The monoisotopic (exact) mass is 413 g/mol. The molecule has 1 aromatic carbocycles. The molecule has 0 bridgehead atoms. The van der Waals surface area contributed by atoms with Crippen molar-refractivity contribution in [3.63, 3.8) is 0 Å². The summed E-state index contributed by atoms with van der Waals surface area (Å²) >= 11 is 0. The van der Waals surface area contributed by atoms with Crippen LogP contribution < -0.4 is 0 Å². The minimum atomic E-state index is 0.594. The van der Waals surface area contributed by atoms with Gasteiger partial charge >= 0.3 is 0 Å². The predicted molar refractivity (Wildman–Crippen MR) is 132 cm³/mol. The molecule has 0 aliphatic carbocycles. The number of rotatable bonds is 13. The minimum Gasteiger partial charge on any atom is -0.378 e. The molecule has 2 heteroatoms. The Bertz CT molecular complexity index is 604. The number of fused-ring (bicyclic) bond motifs is 1. The normalized spacial score (nSPS) is 18.9. The van der Waals surface area contributed by atoms with Crippen LogP contribution >= 0.6 is 0 Å². The fourth-order valence-corrected chi connectivity index (χ4v) is 4.68. The fourth-order valence-electron chi connectivity index (χ4n) is 4.68. The molecule has 3 rings (SSSR count). The molecule has 170 valence electrons. The molecule has 30 heavy (non-hydrogen) atoms. The van der Waals surface area contributed by atoms with Gasteiger partial charge in [0.15, 0.2) is 0 Å². The van der Waals surface area contributed by atoms with Crippen molar-refractivity contribution in [2.24, 2.45) is 5.92 Å². The van der Waals surface area contributed by atoms with E-state index in [1.165, 1.54) is 107 Å². The third kappa shape index (κ3) is 10.2. The highest BCUT2D eigenvalue weighted by molar-refractivity contribution is 5.78. The van der Waals surface area contributed by atoms with Crippen LogP contribution in [0.4, 0.5) is 0 Å². The lowest BCUT2D eigenvalue weighted by molar-refractivity contribution is -0.0352. The van der Waals surface area contributed by atoms with Crippen molar-refractivity contribution in [1.82, 2.24) is 4.98 Å². The van der Waals surface area contributed by atoms with E-state index in [2.05, 4.69) is 37.0 Å². The molecule has 1 aliphatic heterocycles. The summed E-state index contributed by atoms with van der Waals surface area (Å²) < 4.78 is 6.10. The highest BCUT2D eigenvalue weighted by Gasteiger charge is 2.24. The second-order valence-electron chi connectivity index (χ2n) is 9.14. The number of hydrogen-bond donors (Lipinski definition) is 1. The summed E-state index contributed by atoms with van der Waals surface area (Å²) in [5.74, 6) is 0.871. The first kappa shape index (κ1) is 25.0. The quantitative estimate of drug-likeness (QED) is 0.325. The van der Waals surface area contributed by atoms with Crippen LogP contribution in [0.1, 0.15) is 110 Å². The summed E-state index contributed by atoms with van der Waals surface area (Å²) in [7, 11) is 0. The molecule has 1 aromatic heterocycles. The lowest BCUT2D eigenvalue weighted by Crippen LogP contribution is -2.29. The zero-order valence-electron chi connectivity index (χ0n) is 19.8. The first-order chi connectivity index (χ1) is 14.8. The third-order valence-corrected chi connectivity index (χ3v) is 6.56. The van der Waals surface area contributed by atoms with Gasteiger partial charge in [0.1, 0.15) is 0 Å². The number of hydrogen-bond acceptors (Lipinski definition) is 1. The third-order valence-electron chi connectivity index (χ3n) is 6.56. The van der Waals surface area contributed by atoms with Gasteiger partial charge < -0.3 is 9.72 Å². The number of benzene rings is 1. The topological polar surface area (TPSA) is 25.0 Å². The van der Waals surface area contributed by atoms with E-state index in [-0.39, 0.29) is 0 Å². The number of nitrogens with one attached hydrogen (secondary N) is 1. The maximum atomic E-state index is 6.10. The number of unbranched alkanes of at least 4 members (excludes halogenated alkanes) is 9. The molecular formula is C28H47NO. The Balaban J connectivity index is 0.000000290. The van der Waals surface area contributed by atoms with E-state index in [9.17, 15) is 0 Å². The summed E-state index contributed by atoms with van der Waals surface area (Å²) in [6.07, 6.45) is 23.5. The SMILES string of the molecule is CCCCCCCC[C@H]1OCCC[C@@H]1CCCCCCC.c1ccc2[nH]ccc2c1. The van der Waals surface area contributed by atoms with Crippen molar-refractivity contribution in [3.05, 3.63) is 36.5 Å². The van der Waals surface area contributed by atoms with Crippen LogP contribution in [-0.2, 0) is 4.74 Å². The standard InChI is InChI=1S/C20H40O.C8H7N/c1-3-5-7-9-11-13-17-20-19(16-14-18-21-20)15-12-10-8-6-4-2;1-2-4-8-7(3-1)5-6-9-8/h19-20H,3-18H2,1-2H3;1-6,9H/t19-,20+;/m0./s1. The molecule has 0 amide bonds. The maximum absolute atomic E-state index is 6.10. The van der Waals surface area contributed by atoms with Gasteiger partial charge in [-0.25, -0.2) is 0 Å². The van der Waals surface area contributed by atoms with Crippen LogP contribution in [0.2, 0.25) is 0 Å². The molecule has 1 fully saturated rings. The lowest BCUT2D eigenvalue weighted by atomic mass is 9.86. The molecule has 2 heterocycles. The van der Waals surface area contributed by atoms with Gasteiger partial charge in [0.05, 0.1) is 6.10 Å². The maximum Gasteiger partial charge on any atom is 0.0603 e. The van der Waals surface area contributed by atoms with Crippen molar-refractivity contribution in [2.45, 2.75) is 116 Å². The highest BCUT2D eigenvalue weighted by atomic mass is 16.5. The Labute approximate surface area is 186 Å². The van der Waals surface area contributed by atoms with Crippen LogP contribution in [0.3, 0.4) is 0 Å². The highest BCUT2D eigenvalue weighted by Crippen LogP contribution is 2.29. The molecule has 2 atom stereocenters. The van der Waals surface area contributed by atoms with Gasteiger partial charge in [-0.3, -0.25) is 0 Å². The molecule has 0 radical (unpaired) electrons. The van der Waals surface area contributed by atoms with Crippen molar-refractivity contribution in [3.8, 4) is 0 Å². The van der Waals surface area contributed by atoms with Crippen LogP contribution in [0, 0.1) is 5.92 Å².